The summed E-state index contributed by atoms with van der Waals surface area (Å²) < 4.78 is 0. The zero-order valence-corrected chi connectivity index (χ0v) is 11.7. The van der Waals surface area contributed by atoms with Gasteiger partial charge in [0.05, 0.1) is 0 Å². The van der Waals surface area contributed by atoms with Crippen molar-refractivity contribution in [2.75, 3.05) is 0 Å². The Bertz CT molecular complexity index is 570. The minimum absolute atomic E-state index is 0.871. The highest BCUT2D eigenvalue weighted by molar-refractivity contribution is 5.51. The highest BCUT2D eigenvalue weighted by Crippen LogP contribution is 2.13. The SMILES string of the molecule is C=Cc1ccccc1CNCc1cccc(C)c1C. The molecule has 2 aromatic rings. The van der Waals surface area contributed by atoms with E-state index in [1.54, 1.807) is 0 Å². The maximum atomic E-state index is 3.86. The molecule has 0 aromatic heterocycles. The Hall–Kier alpha value is -1.86. The summed E-state index contributed by atoms with van der Waals surface area (Å²) in [5, 5.41) is 3.51. The second-order valence-electron chi connectivity index (χ2n) is 4.87. The molecule has 0 saturated carbocycles. The molecule has 0 fully saturated rings. The summed E-state index contributed by atoms with van der Waals surface area (Å²) in [6, 6.07) is 14.8. The molecule has 2 aromatic carbocycles. The number of rotatable bonds is 5. The second-order valence-corrected chi connectivity index (χ2v) is 4.87. The normalized spacial score (nSPS) is 10.4. The van der Waals surface area contributed by atoms with Crippen molar-refractivity contribution in [3.05, 3.63) is 76.9 Å². The topological polar surface area (TPSA) is 12.0 Å². The van der Waals surface area contributed by atoms with Gasteiger partial charge in [-0.1, -0.05) is 55.1 Å². The molecular formula is C18H21N. The van der Waals surface area contributed by atoms with E-state index < -0.39 is 0 Å². The molecule has 0 aliphatic heterocycles. The van der Waals surface area contributed by atoms with E-state index in [0.717, 1.165) is 13.1 Å². The van der Waals surface area contributed by atoms with Crippen LogP contribution in [0.25, 0.3) is 6.08 Å². The molecule has 19 heavy (non-hydrogen) atoms. The second kappa shape index (κ2) is 6.35. The van der Waals surface area contributed by atoms with Crippen molar-refractivity contribution < 1.29 is 0 Å². The number of benzene rings is 2. The smallest absolute Gasteiger partial charge is 0.0214 e. The molecule has 2 rings (SSSR count). The van der Waals surface area contributed by atoms with Crippen LogP contribution in [0.5, 0.6) is 0 Å². The highest BCUT2D eigenvalue weighted by atomic mass is 14.8. The van der Waals surface area contributed by atoms with Crippen molar-refractivity contribution in [3.8, 4) is 0 Å². The lowest BCUT2D eigenvalue weighted by molar-refractivity contribution is 0.689. The summed E-state index contributed by atoms with van der Waals surface area (Å²) in [5.41, 5.74) is 6.60. The van der Waals surface area contributed by atoms with Crippen LogP contribution in [-0.4, -0.2) is 0 Å². The summed E-state index contributed by atoms with van der Waals surface area (Å²) in [6.07, 6.45) is 1.91. The Morgan fingerprint density at radius 3 is 2.42 bits per heavy atom. The number of aryl methyl sites for hydroxylation is 1. The summed E-state index contributed by atoms with van der Waals surface area (Å²) in [5.74, 6) is 0. The first-order valence-corrected chi connectivity index (χ1v) is 6.68. The van der Waals surface area contributed by atoms with Gasteiger partial charge < -0.3 is 5.32 Å². The molecule has 1 N–H and O–H groups in total. The fraction of sp³-hybridized carbons (Fsp3) is 0.222. The van der Waals surface area contributed by atoms with Gasteiger partial charge in [0.1, 0.15) is 0 Å². The summed E-state index contributed by atoms with van der Waals surface area (Å²) >= 11 is 0. The third-order valence-electron chi connectivity index (χ3n) is 3.62. The molecule has 0 radical (unpaired) electrons. The number of hydrogen-bond acceptors (Lipinski definition) is 1. The van der Waals surface area contributed by atoms with Gasteiger partial charge in [-0.2, -0.15) is 0 Å². The molecule has 0 bridgehead atoms. The van der Waals surface area contributed by atoms with Gasteiger partial charge in [0.25, 0.3) is 0 Å². The molecule has 0 aliphatic carbocycles. The summed E-state index contributed by atoms with van der Waals surface area (Å²) in [6.45, 7) is 9.97. The van der Waals surface area contributed by atoms with E-state index in [9.17, 15) is 0 Å². The van der Waals surface area contributed by atoms with Crippen LogP contribution in [-0.2, 0) is 13.1 Å². The van der Waals surface area contributed by atoms with Crippen molar-refractivity contribution in [1.29, 1.82) is 0 Å². The Labute approximate surface area is 116 Å². The first-order chi connectivity index (χ1) is 9.22. The first kappa shape index (κ1) is 13.6. The van der Waals surface area contributed by atoms with Crippen LogP contribution >= 0.6 is 0 Å². The predicted octanol–water partition coefficient (Wildman–Crippen LogP) is 4.24. The van der Waals surface area contributed by atoms with E-state index in [0.29, 0.717) is 0 Å². The predicted molar refractivity (Wildman–Crippen MR) is 83.0 cm³/mol. The minimum atomic E-state index is 0.871. The molecule has 0 unspecified atom stereocenters. The monoisotopic (exact) mass is 251 g/mol. The Kier molecular flexibility index (Phi) is 4.53. The lowest BCUT2D eigenvalue weighted by atomic mass is 10.0. The highest BCUT2D eigenvalue weighted by Gasteiger charge is 2.01. The van der Waals surface area contributed by atoms with Gasteiger partial charge in [-0.05, 0) is 41.7 Å². The average Bonchev–Trinajstić information content (AvgIpc) is 2.44. The van der Waals surface area contributed by atoms with Crippen LogP contribution in [0.3, 0.4) is 0 Å². The van der Waals surface area contributed by atoms with E-state index in [4.69, 9.17) is 0 Å². The zero-order valence-electron chi connectivity index (χ0n) is 11.7. The van der Waals surface area contributed by atoms with Crippen LogP contribution < -0.4 is 5.32 Å². The van der Waals surface area contributed by atoms with Gasteiger partial charge in [0.2, 0.25) is 0 Å². The quantitative estimate of drug-likeness (QED) is 0.838. The maximum Gasteiger partial charge on any atom is 0.0214 e. The minimum Gasteiger partial charge on any atom is -0.309 e. The Morgan fingerprint density at radius 1 is 0.947 bits per heavy atom. The Morgan fingerprint density at radius 2 is 1.63 bits per heavy atom. The van der Waals surface area contributed by atoms with Crippen LogP contribution in [0.15, 0.2) is 49.0 Å². The molecule has 0 saturated heterocycles. The summed E-state index contributed by atoms with van der Waals surface area (Å²) in [7, 11) is 0. The van der Waals surface area contributed by atoms with E-state index >= 15 is 0 Å². The van der Waals surface area contributed by atoms with Crippen LogP contribution in [0.4, 0.5) is 0 Å². The van der Waals surface area contributed by atoms with Gasteiger partial charge in [-0.25, -0.2) is 0 Å². The molecule has 0 atom stereocenters. The molecule has 1 heteroatoms. The molecule has 0 amide bonds. The van der Waals surface area contributed by atoms with Crippen LogP contribution in [0, 0.1) is 13.8 Å². The van der Waals surface area contributed by atoms with Gasteiger partial charge in [-0.3, -0.25) is 0 Å². The van der Waals surface area contributed by atoms with E-state index in [1.165, 1.54) is 27.8 Å². The van der Waals surface area contributed by atoms with Gasteiger partial charge in [-0.15, -0.1) is 0 Å². The number of nitrogens with one attached hydrogen (secondary N) is 1. The summed E-state index contributed by atoms with van der Waals surface area (Å²) in [4.78, 5) is 0. The molecule has 0 spiro atoms. The fourth-order valence-corrected chi connectivity index (χ4v) is 2.23. The van der Waals surface area contributed by atoms with Crippen molar-refractivity contribution in [2.45, 2.75) is 26.9 Å². The van der Waals surface area contributed by atoms with E-state index in [1.807, 2.05) is 12.1 Å². The van der Waals surface area contributed by atoms with Gasteiger partial charge in [0, 0.05) is 13.1 Å². The lowest BCUT2D eigenvalue weighted by Crippen LogP contribution is -2.14. The van der Waals surface area contributed by atoms with Crippen LogP contribution in [0.2, 0.25) is 0 Å². The largest absolute Gasteiger partial charge is 0.309 e. The van der Waals surface area contributed by atoms with Crippen molar-refractivity contribution in [2.24, 2.45) is 0 Å². The zero-order chi connectivity index (χ0) is 13.7. The van der Waals surface area contributed by atoms with Crippen LogP contribution in [0.1, 0.15) is 27.8 Å². The van der Waals surface area contributed by atoms with Crippen molar-refractivity contribution in [1.82, 2.24) is 5.32 Å². The first-order valence-electron chi connectivity index (χ1n) is 6.68. The fourth-order valence-electron chi connectivity index (χ4n) is 2.23. The van der Waals surface area contributed by atoms with Gasteiger partial charge in [0.15, 0.2) is 0 Å². The third-order valence-corrected chi connectivity index (χ3v) is 3.62. The molecule has 0 aliphatic rings. The third kappa shape index (κ3) is 3.33. The molecule has 0 heterocycles. The average molecular weight is 251 g/mol. The molecular weight excluding hydrogens is 230 g/mol. The standard InChI is InChI=1S/C18H21N/c1-4-16-9-5-6-10-18(16)13-19-12-17-11-7-8-14(2)15(17)3/h4-11,19H,1,12-13H2,2-3H3. The number of hydrogen-bond donors (Lipinski definition) is 1. The lowest BCUT2D eigenvalue weighted by Gasteiger charge is -2.11. The van der Waals surface area contributed by atoms with Gasteiger partial charge >= 0.3 is 0 Å². The molecule has 98 valence electrons. The van der Waals surface area contributed by atoms with E-state index in [2.05, 4.69) is 62.1 Å². The van der Waals surface area contributed by atoms with E-state index in [-0.39, 0.29) is 0 Å². The van der Waals surface area contributed by atoms with Crippen molar-refractivity contribution >= 4 is 6.08 Å². The van der Waals surface area contributed by atoms with Crippen molar-refractivity contribution in [3.63, 3.8) is 0 Å². The maximum absolute atomic E-state index is 3.86. The molecule has 1 nitrogen and oxygen atoms in total. The Balaban J connectivity index is 2.00.